The van der Waals surface area contributed by atoms with Crippen molar-refractivity contribution in [3.63, 3.8) is 0 Å². The van der Waals surface area contributed by atoms with E-state index in [1.165, 1.54) is 0 Å². The molecule has 90 valence electrons. The van der Waals surface area contributed by atoms with Gasteiger partial charge in [-0.15, -0.1) is 0 Å². The normalized spacial score (nSPS) is 12.7. The number of fused-ring (bicyclic) bond motifs is 1. The van der Waals surface area contributed by atoms with Gasteiger partial charge in [-0.05, 0) is 26.0 Å². The second-order valence-corrected chi connectivity index (χ2v) is 4.48. The van der Waals surface area contributed by atoms with Crippen LogP contribution >= 0.6 is 0 Å². The minimum absolute atomic E-state index is 0.118. The number of nitrogens with two attached hydrogens (primary N) is 1. The summed E-state index contributed by atoms with van der Waals surface area (Å²) in [6, 6.07) is 8.02. The Balaban J connectivity index is 2.43. The molecule has 0 saturated heterocycles. The lowest BCUT2D eigenvalue weighted by atomic mass is 10.2. The number of anilines is 1. The number of aryl methyl sites for hydroxylation is 1. The average Bonchev–Trinajstić information content (AvgIpc) is 2.27. The maximum Gasteiger partial charge on any atom is 0.150 e. The summed E-state index contributed by atoms with van der Waals surface area (Å²) >= 11 is 0. The molecule has 0 radical (unpaired) electrons. The lowest BCUT2D eigenvalue weighted by Crippen LogP contribution is -2.33. The standard InChI is InChI=1S/C13H18N4/c1-9(14)8-17(3)13-10(2)15-11-6-4-5-7-12(11)16-13/h4-7,9H,8,14H2,1-3H3. The molecule has 0 aliphatic heterocycles. The minimum atomic E-state index is 0.118. The van der Waals surface area contributed by atoms with Crippen LogP contribution < -0.4 is 10.6 Å². The van der Waals surface area contributed by atoms with Crippen molar-refractivity contribution in [3.05, 3.63) is 30.0 Å². The molecule has 1 atom stereocenters. The van der Waals surface area contributed by atoms with Crippen molar-refractivity contribution < 1.29 is 0 Å². The molecule has 0 amide bonds. The van der Waals surface area contributed by atoms with Crippen LogP contribution in [0.5, 0.6) is 0 Å². The van der Waals surface area contributed by atoms with Gasteiger partial charge in [0, 0.05) is 19.6 Å². The Hall–Kier alpha value is -1.68. The van der Waals surface area contributed by atoms with E-state index in [4.69, 9.17) is 5.73 Å². The molecule has 1 aromatic heterocycles. The molecule has 2 N–H and O–H groups in total. The Morgan fingerprint density at radius 3 is 2.41 bits per heavy atom. The molecule has 0 saturated carbocycles. The molecular formula is C13H18N4. The Morgan fingerprint density at radius 1 is 1.24 bits per heavy atom. The van der Waals surface area contributed by atoms with Gasteiger partial charge in [0.25, 0.3) is 0 Å². The zero-order valence-electron chi connectivity index (χ0n) is 10.5. The highest BCUT2D eigenvalue weighted by Gasteiger charge is 2.10. The molecule has 17 heavy (non-hydrogen) atoms. The first kappa shape index (κ1) is 11.8. The van der Waals surface area contributed by atoms with E-state index in [0.717, 1.165) is 29.1 Å². The zero-order chi connectivity index (χ0) is 12.4. The van der Waals surface area contributed by atoms with Crippen molar-refractivity contribution in [2.45, 2.75) is 19.9 Å². The number of para-hydroxylation sites is 2. The number of rotatable bonds is 3. The second kappa shape index (κ2) is 4.67. The van der Waals surface area contributed by atoms with E-state index >= 15 is 0 Å². The largest absolute Gasteiger partial charge is 0.357 e. The maximum atomic E-state index is 5.80. The van der Waals surface area contributed by atoms with Gasteiger partial charge in [-0.3, -0.25) is 0 Å². The highest BCUT2D eigenvalue weighted by Crippen LogP contribution is 2.18. The molecule has 4 nitrogen and oxygen atoms in total. The Bertz CT molecular complexity index is 522. The summed E-state index contributed by atoms with van der Waals surface area (Å²) in [6.45, 7) is 4.74. The number of nitrogens with zero attached hydrogens (tertiary/aromatic N) is 3. The number of hydrogen-bond donors (Lipinski definition) is 1. The zero-order valence-corrected chi connectivity index (χ0v) is 10.5. The van der Waals surface area contributed by atoms with Crippen LogP contribution in [0.2, 0.25) is 0 Å². The molecule has 1 aromatic carbocycles. The van der Waals surface area contributed by atoms with Gasteiger partial charge < -0.3 is 10.6 Å². The SMILES string of the molecule is Cc1nc2ccccc2nc1N(C)CC(C)N. The van der Waals surface area contributed by atoms with E-state index in [0.29, 0.717) is 0 Å². The molecule has 0 bridgehead atoms. The summed E-state index contributed by atoms with van der Waals surface area (Å²) in [4.78, 5) is 11.2. The van der Waals surface area contributed by atoms with Crippen molar-refractivity contribution in [1.82, 2.24) is 9.97 Å². The van der Waals surface area contributed by atoms with Crippen LogP contribution in [0, 0.1) is 6.92 Å². The Morgan fingerprint density at radius 2 is 1.82 bits per heavy atom. The third-order valence-corrected chi connectivity index (χ3v) is 2.64. The Kier molecular flexibility index (Phi) is 3.24. The van der Waals surface area contributed by atoms with Crippen LogP contribution in [0.1, 0.15) is 12.6 Å². The van der Waals surface area contributed by atoms with Crippen molar-refractivity contribution in [2.75, 3.05) is 18.5 Å². The third-order valence-electron chi connectivity index (χ3n) is 2.64. The van der Waals surface area contributed by atoms with E-state index in [9.17, 15) is 0 Å². The van der Waals surface area contributed by atoms with E-state index in [-0.39, 0.29) is 6.04 Å². The first-order valence-electron chi connectivity index (χ1n) is 5.78. The summed E-state index contributed by atoms with van der Waals surface area (Å²) in [5, 5.41) is 0. The summed E-state index contributed by atoms with van der Waals surface area (Å²) in [7, 11) is 2.00. The quantitative estimate of drug-likeness (QED) is 0.872. The van der Waals surface area contributed by atoms with E-state index in [1.807, 2.05) is 45.2 Å². The van der Waals surface area contributed by atoms with Gasteiger partial charge in [0.1, 0.15) is 0 Å². The molecule has 0 aliphatic carbocycles. The summed E-state index contributed by atoms with van der Waals surface area (Å²) in [6.07, 6.45) is 0. The molecule has 1 heterocycles. The highest BCUT2D eigenvalue weighted by atomic mass is 15.2. The van der Waals surface area contributed by atoms with Crippen LogP contribution in [0.25, 0.3) is 11.0 Å². The highest BCUT2D eigenvalue weighted by molar-refractivity contribution is 5.76. The van der Waals surface area contributed by atoms with E-state index in [1.54, 1.807) is 0 Å². The molecule has 1 unspecified atom stereocenters. The molecule has 4 heteroatoms. The monoisotopic (exact) mass is 230 g/mol. The maximum absolute atomic E-state index is 5.80. The van der Waals surface area contributed by atoms with E-state index in [2.05, 4.69) is 14.9 Å². The first-order valence-corrected chi connectivity index (χ1v) is 5.78. The van der Waals surface area contributed by atoms with Crippen molar-refractivity contribution in [1.29, 1.82) is 0 Å². The topological polar surface area (TPSA) is 55.0 Å². The van der Waals surface area contributed by atoms with Crippen LogP contribution in [0.3, 0.4) is 0 Å². The Labute approximate surface area is 101 Å². The van der Waals surface area contributed by atoms with Gasteiger partial charge in [-0.1, -0.05) is 12.1 Å². The molecule has 2 rings (SSSR count). The number of hydrogen-bond acceptors (Lipinski definition) is 4. The smallest absolute Gasteiger partial charge is 0.150 e. The first-order chi connectivity index (χ1) is 8.08. The predicted octanol–water partition coefficient (Wildman–Crippen LogP) is 1.72. The third kappa shape index (κ3) is 2.53. The number of likely N-dealkylation sites (N-methyl/N-ethyl adjacent to an activating group) is 1. The molecule has 2 aromatic rings. The lowest BCUT2D eigenvalue weighted by Gasteiger charge is -2.21. The van der Waals surface area contributed by atoms with Gasteiger partial charge >= 0.3 is 0 Å². The van der Waals surface area contributed by atoms with Crippen molar-refractivity contribution in [2.24, 2.45) is 5.73 Å². The molecule has 0 aliphatic rings. The summed E-state index contributed by atoms with van der Waals surface area (Å²) in [5.41, 5.74) is 8.59. The van der Waals surface area contributed by atoms with Gasteiger partial charge in [0.05, 0.1) is 16.7 Å². The van der Waals surface area contributed by atoms with Crippen molar-refractivity contribution >= 4 is 16.9 Å². The fraction of sp³-hybridized carbons (Fsp3) is 0.385. The molecular weight excluding hydrogens is 212 g/mol. The average molecular weight is 230 g/mol. The molecule has 0 fully saturated rings. The van der Waals surface area contributed by atoms with Gasteiger partial charge in [0.2, 0.25) is 0 Å². The van der Waals surface area contributed by atoms with Crippen LogP contribution in [0.15, 0.2) is 24.3 Å². The van der Waals surface area contributed by atoms with Gasteiger partial charge in [0.15, 0.2) is 5.82 Å². The fourth-order valence-corrected chi connectivity index (χ4v) is 1.96. The molecule has 0 spiro atoms. The summed E-state index contributed by atoms with van der Waals surface area (Å²) in [5.74, 6) is 0.904. The van der Waals surface area contributed by atoms with Crippen LogP contribution in [-0.2, 0) is 0 Å². The number of benzene rings is 1. The summed E-state index contributed by atoms with van der Waals surface area (Å²) < 4.78 is 0. The second-order valence-electron chi connectivity index (χ2n) is 4.48. The van der Waals surface area contributed by atoms with Crippen LogP contribution in [0.4, 0.5) is 5.82 Å². The fourth-order valence-electron chi connectivity index (χ4n) is 1.96. The van der Waals surface area contributed by atoms with Gasteiger partial charge in [-0.25, -0.2) is 9.97 Å². The lowest BCUT2D eigenvalue weighted by molar-refractivity contribution is 0.710. The van der Waals surface area contributed by atoms with Gasteiger partial charge in [-0.2, -0.15) is 0 Å². The number of aromatic nitrogens is 2. The predicted molar refractivity (Wildman–Crippen MR) is 71.2 cm³/mol. The van der Waals surface area contributed by atoms with E-state index < -0.39 is 0 Å². The minimum Gasteiger partial charge on any atom is -0.357 e. The van der Waals surface area contributed by atoms with Crippen molar-refractivity contribution in [3.8, 4) is 0 Å². The van der Waals surface area contributed by atoms with Crippen LogP contribution in [-0.4, -0.2) is 29.6 Å².